The second-order valence-electron chi connectivity index (χ2n) is 4.07. The first-order chi connectivity index (χ1) is 7.24. The third-order valence-corrected chi connectivity index (χ3v) is 3.50. The summed E-state index contributed by atoms with van der Waals surface area (Å²) < 4.78 is 13.5. The van der Waals surface area contributed by atoms with E-state index < -0.39 is 0 Å². The molecule has 0 N–H and O–H groups in total. The molecule has 1 saturated carbocycles. The Kier molecular flexibility index (Phi) is 3.15. The van der Waals surface area contributed by atoms with Crippen LogP contribution in [0, 0.1) is 5.82 Å². The van der Waals surface area contributed by atoms with E-state index in [0.29, 0.717) is 11.6 Å². The molecule has 2 rings (SSSR count). The van der Waals surface area contributed by atoms with Gasteiger partial charge in [-0.3, -0.25) is 0 Å². The van der Waals surface area contributed by atoms with Crippen LogP contribution >= 0.6 is 11.6 Å². The molecule has 0 heterocycles. The Hall–Kier alpha value is -0.760. The fourth-order valence-corrected chi connectivity index (χ4v) is 2.25. The van der Waals surface area contributed by atoms with E-state index in [4.69, 9.17) is 11.6 Å². The molecule has 82 valence electrons. The quantitative estimate of drug-likeness (QED) is 0.714. The van der Waals surface area contributed by atoms with Crippen LogP contribution in [0.25, 0.3) is 0 Å². The smallest absolute Gasteiger partial charge is 0.129 e. The normalized spacial score (nSPS) is 16.2. The third kappa shape index (κ3) is 1.96. The van der Waals surface area contributed by atoms with Gasteiger partial charge in [0.15, 0.2) is 0 Å². The predicted molar refractivity (Wildman–Crippen MR) is 62.0 cm³/mol. The van der Waals surface area contributed by atoms with Crippen LogP contribution in [0.2, 0.25) is 0 Å². The summed E-state index contributed by atoms with van der Waals surface area (Å²) in [7, 11) is 2.02. The van der Waals surface area contributed by atoms with Gasteiger partial charge in [-0.25, -0.2) is 4.39 Å². The average molecular weight is 228 g/mol. The molecule has 0 spiro atoms. The zero-order valence-corrected chi connectivity index (χ0v) is 9.60. The number of rotatable bonds is 3. The van der Waals surface area contributed by atoms with Gasteiger partial charge in [-0.1, -0.05) is 6.07 Å². The van der Waals surface area contributed by atoms with Crippen molar-refractivity contribution in [1.29, 1.82) is 0 Å². The van der Waals surface area contributed by atoms with Gasteiger partial charge in [0.2, 0.25) is 0 Å². The maximum absolute atomic E-state index is 13.5. The van der Waals surface area contributed by atoms with E-state index in [2.05, 4.69) is 4.90 Å². The van der Waals surface area contributed by atoms with Crippen LogP contribution in [0.1, 0.15) is 24.8 Å². The molecule has 0 radical (unpaired) electrons. The van der Waals surface area contributed by atoms with E-state index >= 15 is 0 Å². The number of benzene rings is 1. The van der Waals surface area contributed by atoms with Gasteiger partial charge in [0, 0.05) is 24.3 Å². The summed E-state index contributed by atoms with van der Waals surface area (Å²) >= 11 is 5.78. The van der Waals surface area contributed by atoms with Crippen LogP contribution in [0.5, 0.6) is 0 Å². The van der Waals surface area contributed by atoms with Gasteiger partial charge in [0.25, 0.3) is 0 Å². The molecule has 1 aromatic rings. The van der Waals surface area contributed by atoms with Crippen molar-refractivity contribution in [3.05, 3.63) is 29.6 Å². The summed E-state index contributed by atoms with van der Waals surface area (Å²) in [6.07, 6.45) is 3.68. The van der Waals surface area contributed by atoms with Gasteiger partial charge in [0.05, 0.1) is 5.88 Å². The summed E-state index contributed by atoms with van der Waals surface area (Å²) in [6, 6.07) is 5.72. The van der Waals surface area contributed by atoms with E-state index in [-0.39, 0.29) is 11.7 Å². The molecule has 1 aliphatic carbocycles. The van der Waals surface area contributed by atoms with Crippen LogP contribution in [0.3, 0.4) is 0 Å². The summed E-state index contributed by atoms with van der Waals surface area (Å²) in [5, 5.41) is 0. The minimum atomic E-state index is -0.200. The second-order valence-corrected chi connectivity index (χ2v) is 4.33. The molecule has 0 saturated heterocycles. The Morgan fingerprint density at radius 1 is 1.47 bits per heavy atom. The zero-order chi connectivity index (χ0) is 10.8. The first-order valence-corrected chi connectivity index (χ1v) is 5.83. The number of nitrogens with zero attached hydrogens (tertiary/aromatic N) is 1. The molecule has 15 heavy (non-hydrogen) atoms. The zero-order valence-electron chi connectivity index (χ0n) is 8.84. The fraction of sp³-hybridized carbons (Fsp3) is 0.500. The number of alkyl halides is 1. The highest BCUT2D eigenvalue weighted by Gasteiger charge is 2.24. The number of hydrogen-bond donors (Lipinski definition) is 0. The highest BCUT2D eigenvalue weighted by atomic mass is 35.5. The molecule has 0 atom stereocenters. The molecule has 3 heteroatoms. The molecule has 0 bridgehead atoms. The van der Waals surface area contributed by atoms with Crippen LogP contribution in [-0.2, 0) is 5.88 Å². The van der Waals surface area contributed by atoms with Gasteiger partial charge >= 0.3 is 0 Å². The van der Waals surface area contributed by atoms with Crippen molar-refractivity contribution in [3.8, 4) is 0 Å². The summed E-state index contributed by atoms with van der Waals surface area (Å²) in [6.45, 7) is 0. The lowest BCUT2D eigenvalue weighted by molar-refractivity contribution is 0.400. The lowest BCUT2D eigenvalue weighted by atomic mass is 9.91. The van der Waals surface area contributed by atoms with E-state index in [0.717, 1.165) is 5.69 Å². The van der Waals surface area contributed by atoms with Gasteiger partial charge in [-0.05, 0) is 31.4 Å². The van der Waals surface area contributed by atoms with E-state index in [9.17, 15) is 4.39 Å². The Balaban J connectivity index is 2.29. The monoisotopic (exact) mass is 227 g/mol. The van der Waals surface area contributed by atoms with Crippen molar-refractivity contribution in [2.24, 2.45) is 0 Å². The van der Waals surface area contributed by atoms with E-state index in [1.807, 2.05) is 13.1 Å². The van der Waals surface area contributed by atoms with Crippen LogP contribution in [0.4, 0.5) is 10.1 Å². The molecule has 0 amide bonds. The SMILES string of the molecule is CN(c1cccc(F)c1CCl)C1CCC1. The van der Waals surface area contributed by atoms with Crippen LogP contribution in [-0.4, -0.2) is 13.1 Å². The largest absolute Gasteiger partial charge is 0.371 e. The highest BCUT2D eigenvalue weighted by Crippen LogP contribution is 2.31. The number of hydrogen-bond acceptors (Lipinski definition) is 1. The van der Waals surface area contributed by atoms with Crippen LogP contribution < -0.4 is 4.90 Å². The third-order valence-electron chi connectivity index (χ3n) is 3.23. The van der Waals surface area contributed by atoms with Gasteiger partial charge in [0.1, 0.15) is 5.82 Å². The molecule has 0 unspecified atom stereocenters. The lowest BCUT2D eigenvalue weighted by Gasteiger charge is -2.37. The Morgan fingerprint density at radius 3 is 2.73 bits per heavy atom. The summed E-state index contributed by atoms with van der Waals surface area (Å²) in [5.41, 5.74) is 1.56. The molecule has 1 fully saturated rings. The first kappa shape index (κ1) is 10.7. The van der Waals surface area contributed by atoms with E-state index in [1.54, 1.807) is 6.07 Å². The van der Waals surface area contributed by atoms with Crippen molar-refractivity contribution < 1.29 is 4.39 Å². The maximum atomic E-state index is 13.5. The maximum Gasteiger partial charge on any atom is 0.129 e. The van der Waals surface area contributed by atoms with Gasteiger partial charge in [-0.2, -0.15) is 0 Å². The Morgan fingerprint density at radius 2 is 2.20 bits per heavy atom. The predicted octanol–water partition coefficient (Wildman–Crippen LogP) is 3.55. The Bertz CT molecular complexity index is 349. The second kappa shape index (κ2) is 4.40. The lowest BCUT2D eigenvalue weighted by Crippen LogP contribution is -2.37. The summed E-state index contributed by atoms with van der Waals surface area (Å²) in [5.74, 6) is 0.0349. The minimum Gasteiger partial charge on any atom is -0.371 e. The highest BCUT2D eigenvalue weighted by molar-refractivity contribution is 6.17. The van der Waals surface area contributed by atoms with Crippen molar-refractivity contribution in [2.75, 3.05) is 11.9 Å². The van der Waals surface area contributed by atoms with Crippen molar-refractivity contribution in [1.82, 2.24) is 0 Å². The first-order valence-electron chi connectivity index (χ1n) is 5.30. The van der Waals surface area contributed by atoms with Gasteiger partial charge in [-0.15, -0.1) is 11.6 Å². The molecule has 1 aliphatic rings. The fourth-order valence-electron chi connectivity index (χ4n) is 1.98. The number of halogens is 2. The van der Waals surface area contributed by atoms with Crippen molar-refractivity contribution in [2.45, 2.75) is 31.2 Å². The summed E-state index contributed by atoms with van der Waals surface area (Å²) in [4.78, 5) is 2.16. The Labute approximate surface area is 94.8 Å². The molecule has 1 aromatic carbocycles. The topological polar surface area (TPSA) is 3.24 Å². The number of anilines is 1. The molecule has 0 aromatic heterocycles. The molecule has 1 nitrogen and oxygen atoms in total. The van der Waals surface area contributed by atoms with E-state index in [1.165, 1.54) is 25.3 Å². The van der Waals surface area contributed by atoms with Crippen molar-refractivity contribution >= 4 is 17.3 Å². The minimum absolute atomic E-state index is 0.200. The molecule has 0 aliphatic heterocycles. The van der Waals surface area contributed by atoms with Gasteiger partial charge < -0.3 is 4.90 Å². The van der Waals surface area contributed by atoms with Crippen molar-refractivity contribution in [3.63, 3.8) is 0 Å². The molecular formula is C12H15ClFN. The molecular weight excluding hydrogens is 213 g/mol. The average Bonchev–Trinajstić information content (AvgIpc) is 2.14. The van der Waals surface area contributed by atoms with Crippen LogP contribution in [0.15, 0.2) is 18.2 Å². The standard InChI is InChI=1S/C12H15ClFN/c1-15(9-4-2-5-9)12-7-3-6-11(14)10(12)8-13/h3,6-7,9H,2,4-5,8H2,1H3.